The molecule has 2 aromatic heterocycles. The summed E-state index contributed by atoms with van der Waals surface area (Å²) in [7, 11) is 0. The molecule has 0 saturated carbocycles. The van der Waals surface area contributed by atoms with Gasteiger partial charge in [-0.25, -0.2) is 9.78 Å². The number of fused-ring (bicyclic) bond motifs is 2. The summed E-state index contributed by atoms with van der Waals surface area (Å²) in [6.07, 6.45) is -0.882. The molecule has 0 bridgehead atoms. The smallest absolute Gasteiger partial charge is 0.330 e. The van der Waals surface area contributed by atoms with Crippen LogP contribution < -0.4 is 16.6 Å². The van der Waals surface area contributed by atoms with E-state index < -0.39 is 41.6 Å². The van der Waals surface area contributed by atoms with Gasteiger partial charge in [0, 0.05) is 37.5 Å². The van der Waals surface area contributed by atoms with Crippen LogP contribution in [0, 0.1) is 0 Å². The van der Waals surface area contributed by atoms with Crippen molar-refractivity contribution in [3.63, 3.8) is 0 Å². The highest BCUT2D eigenvalue weighted by Crippen LogP contribution is 2.42. The van der Waals surface area contributed by atoms with Crippen LogP contribution in [-0.4, -0.2) is 50.3 Å². The van der Waals surface area contributed by atoms with Gasteiger partial charge < -0.3 is 19.2 Å². The maximum atomic E-state index is 12.8. The van der Waals surface area contributed by atoms with Crippen molar-refractivity contribution in [2.75, 3.05) is 6.61 Å². The quantitative estimate of drug-likeness (QED) is 0.423. The first-order valence-electron chi connectivity index (χ1n) is 12.4. The van der Waals surface area contributed by atoms with Crippen molar-refractivity contribution in [2.45, 2.75) is 77.5 Å². The highest BCUT2D eigenvalue weighted by molar-refractivity contribution is 5.82. The van der Waals surface area contributed by atoms with E-state index in [1.165, 1.54) is 24.6 Å². The summed E-state index contributed by atoms with van der Waals surface area (Å²) in [5.41, 5.74) is 2.07. The molecule has 1 fully saturated rings. The number of aromatic nitrogens is 4. The lowest BCUT2D eigenvalue weighted by atomic mass is 9.90. The van der Waals surface area contributed by atoms with Crippen LogP contribution in [0.4, 0.5) is 0 Å². The lowest BCUT2D eigenvalue weighted by Crippen LogP contribution is -2.39. The molecule has 3 aromatic rings. The number of ether oxygens (including phenoxy) is 3. The molecule has 3 atom stereocenters. The summed E-state index contributed by atoms with van der Waals surface area (Å²) in [6, 6.07) is 4.05. The van der Waals surface area contributed by atoms with Crippen LogP contribution in [0.3, 0.4) is 0 Å². The first-order chi connectivity index (χ1) is 17.7. The number of nitrogens with zero attached hydrogens (tertiary/aromatic N) is 2. The highest BCUT2D eigenvalue weighted by atomic mass is 16.6. The second-order valence-electron chi connectivity index (χ2n) is 10.9. The first-order valence-corrected chi connectivity index (χ1v) is 12.4. The summed E-state index contributed by atoms with van der Waals surface area (Å²) in [5, 5.41) is 3.63. The lowest BCUT2D eigenvalue weighted by Gasteiger charge is -2.25. The van der Waals surface area contributed by atoms with Crippen LogP contribution in [0.5, 0.6) is 0 Å². The number of H-pyrrole nitrogens is 2. The van der Waals surface area contributed by atoms with E-state index in [9.17, 15) is 19.2 Å². The number of imidazole rings is 1. The third-order valence-electron chi connectivity index (χ3n) is 7.07. The molecular formula is C26H31N5O7. The van der Waals surface area contributed by atoms with Gasteiger partial charge in [0.15, 0.2) is 0 Å². The zero-order chi connectivity index (χ0) is 27.6. The Labute approximate surface area is 217 Å². The van der Waals surface area contributed by atoms with Gasteiger partial charge in [0.05, 0.1) is 16.6 Å². The summed E-state index contributed by atoms with van der Waals surface area (Å²) in [5.74, 6) is -0.744. The average molecular weight is 526 g/mol. The SMILES string of the molecule is CC(=O)OC[C@H]1O[C@@H](n2cc(-c3nc4cc5c(cc4[nH]3)C(C)(C)NC5(C)C)c(=O)[nH]c2=O)C[C@@H]1OC(C)=O. The number of aromatic amines is 2. The van der Waals surface area contributed by atoms with E-state index in [2.05, 4.69) is 48.0 Å². The van der Waals surface area contributed by atoms with Crippen LogP contribution in [0.25, 0.3) is 22.4 Å². The zero-order valence-corrected chi connectivity index (χ0v) is 22.1. The van der Waals surface area contributed by atoms with Crippen LogP contribution in [-0.2, 0) is 34.9 Å². The molecule has 38 heavy (non-hydrogen) atoms. The highest BCUT2D eigenvalue weighted by Gasteiger charge is 2.42. The number of carbonyl (C=O) groups excluding carboxylic acids is 2. The number of benzene rings is 1. The fourth-order valence-electron chi connectivity index (χ4n) is 5.56. The predicted octanol–water partition coefficient (Wildman–Crippen LogP) is 1.94. The van der Waals surface area contributed by atoms with E-state index in [0.717, 1.165) is 16.6 Å². The van der Waals surface area contributed by atoms with Crippen molar-refractivity contribution >= 4 is 23.0 Å². The van der Waals surface area contributed by atoms with E-state index in [1.54, 1.807) is 0 Å². The van der Waals surface area contributed by atoms with E-state index in [0.29, 0.717) is 11.3 Å². The molecule has 0 unspecified atom stereocenters. The van der Waals surface area contributed by atoms with Gasteiger partial charge in [-0.3, -0.25) is 29.3 Å². The van der Waals surface area contributed by atoms with Crippen molar-refractivity contribution < 1.29 is 23.8 Å². The number of hydrogen-bond donors (Lipinski definition) is 3. The monoisotopic (exact) mass is 525 g/mol. The molecule has 12 heteroatoms. The van der Waals surface area contributed by atoms with Gasteiger partial charge in [-0.15, -0.1) is 0 Å². The largest absolute Gasteiger partial charge is 0.463 e. The first kappa shape index (κ1) is 25.9. The molecule has 2 aliphatic rings. The standard InChI is InChI=1S/C26H31N5O7/c1-12(32)36-11-20-19(37-13(2)33)9-21(38-20)31-10-14(23(34)29-24(31)35)22-27-17-7-15-16(8-18(17)28-22)26(5,6)30-25(15,3)4/h7-8,10,19-21,30H,9,11H2,1-6H3,(H,27,28)(H,29,34,35)/t19-,20+,21+/m0/s1. The summed E-state index contributed by atoms with van der Waals surface area (Å²) < 4.78 is 17.5. The number of carbonyl (C=O) groups is 2. The van der Waals surface area contributed by atoms with Gasteiger partial charge in [-0.2, -0.15) is 0 Å². The molecule has 2 aliphatic heterocycles. The summed E-state index contributed by atoms with van der Waals surface area (Å²) in [6.45, 7) is 10.8. The van der Waals surface area contributed by atoms with Gasteiger partial charge in [0.2, 0.25) is 0 Å². The molecule has 12 nitrogen and oxygen atoms in total. The Hall–Kier alpha value is -3.77. The number of nitrogens with one attached hydrogen (secondary N) is 3. The fraction of sp³-hybridized carbons (Fsp3) is 0.500. The minimum absolute atomic E-state index is 0.126. The molecule has 0 radical (unpaired) electrons. The molecular weight excluding hydrogens is 494 g/mol. The lowest BCUT2D eigenvalue weighted by molar-refractivity contribution is -0.155. The van der Waals surface area contributed by atoms with Crippen LogP contribution in [0.15, 0.2) is 27.9 Å². The Kier molecular flexibility index (Phi) is 6.07. The Bertz CT molecular complexity index is 1510. The van der Waals surface area contributed by atoms with Crippen molar-refractivity contribution in [1.29, 1.82) is 0 Å². The van der Waals surface area contributed by atoms with Gasteiger partial charge in [-0.1, -0.05) is 0 Å². The zero-order valence-electron chi connectivity index (χ0n) is 22.1. The number of hydrogen-bond acceptors (Lipinski definition) is 9. The molecule has 5 rings (SSSR count). The Balaban J connectivity index is 1.52. The Morgan fingerprint density at radius 2 is 1.76 bits per heavy atom. The number of rotatable bonds is 5. The fourth-order valence-corrected chi connectivity index (χ4v) is 5.56. The van der Waals surface area contributed by atoms with E-state index in [4.69, 9.17) is 14.2 Å². The van der Waals surface area contributed by atoms with Gasteiger partial charge in [-0.05, 0) is 51.0 Å². The van der Waals surface area contributed by atoms with E-state index >= 15 is 0 Å². The van der Waals surface area contributed by atoms with Crippen molar-refractivity contribution in [2.24, 2.45) is 0 Å². The molecule has 202 valence electrons. The van der Waals surface area contributed by atoms with Gasteiger partial charge >= 0.3 is 17.6 Å². The minimum atomic E-state index is -0.871. The minimum Gasteiger partial charge on any atom is -0.463 e. The predicted molar refractivity (Wildman–Crippen MR) is 136 cm³/mol. The second-order valence-corrected chi connectivity index (χ2v) is 10.9. The van der Waals surface area contributed by atoms with Crippen LogP contribution >= 0.6 is 0 Å². The van der Waals surface area contributed by atoms with Crippen molar-refractivity contribution in [3.8, 4) is 11.4 Å². The molecule has 1 saturated heterocycles. The second kappa shape index (κ2) is 8.91. The van der Waals surface area contributed by atoms with E-state index in [-0.39, 0.29) is 29.7 Å². The van der Waals surface area contributed by atoms with Crippen LogP contribution in [0.2, 0.25) is 0 Å². The summed E-state index contributed by atoms with van der Waals surface area (Å²) >= 11 is 0. The molecule has 0 spiro atoms. The maximum Gasteiger partial charge on any atom is 0.330 e. The van der Waals surface area contributed by atoms with E-state index in [1.807, 2.05) is 12.1 Å². The third-order valence-corrected chi connectivity index (χ3v) is 7.07. The average Bonchev–Trinajstić information content (AvgIpc) is 3.43. The maximum absolute atomic E-state index is 12.8. The van der Waals surface area contributed by atoms with Gasteiger partial charge in [0.25, 0.3) is 5.56 Å². The normalized spacial score (nSPS) is 23.4. The molecule has 4 heterocycles. The molecule has 0 amide bonds. The Morgan fingerprint density at radius 3 is 2.42 bits per heavy atom. The van der Waals surface area contributed by atoms with Crippen molar-refractivity contribution in [3.05, 3.63) is 50.3 Å². The van der Waals surface area contributed by atoms with Crippen molar-refractivity contribution in [1.82, 2.24) is 24.8 Å². The molecule has 0 aliphatic carbocycles. The topological polar surface area (TPSA) is 157 Å². The van der Waals surface area contributed by atoms with Crippen LogP contribution in [0.1, 0.15) is 65.3 Å². The molecule has 1 aromatic carbocycles. The number of esters is 2. The third kappa shape index (κ3) is 4.54. The van der Waals surface area contributed by atoms with Gasteiger partial charge in [0.1, 0.15) is 30.9 Å². The Morgan fingerprint density at radius 1 is 1.08 bits per heavy atom. The summed E-state index contributed by atoms with van der Waals surface area (Å²) in [4.78, 5) is 58.7. The molecule has 3 N–H and O–H groups in total.